The molecule has 0 radical (unpaired) electrons. The van der Waals surface area contributed by atoms with Gasteiger partial charge in [-0.1, -0.05) is 18.2 Å². The quantitative estimate of drug-likeness (QED) is 0.243. The molecule has 45 heavy (non-hydrogen) atoms. The van der Waals surface area contributed by atoms with E-state index in [4.69, 9.17) is 9.90 Å². The van der Waals surface area contributed by atoms with Crippen LogP contribution in [-0.2, 0) is 14.6 Å². The molecule has 5 rings (SSSR count). The van der Waals surface area contributed by atoms with Crippen molar-refractivity contribution in [3.63, 3.8) is 0 Å². The maximum atomic E-state index is 12.9. The molecule has 18 heteroatoms. The predicted octanol–water partition coefficient (Wildman–Crippen LogP) is 5.75. The van der Waals surface area contributed by atoms with Crippen molar-refractivity contribution in [2.24, 2.45) is 0 Å². The number of carboxylic acids is 1. The number of halogens is 6. The predicted molar refractivity (Wildman–Crippen MR) is 151 cm³/mol. The fourth-order valence-corrected chi connectivity index (χ4v) is 6.12. The summed E-state index contributed by atoms with van der Waals surface area (Å²) in [6.45, 7) is 1.14. The van der Waals surface area contributed by atoms with Crippen LogP contribution in [0.25, 0.3) is 10.2 Å². The molecule has 3 heterocycles. The number of thiazole rings is 1. The van der Waals surface area contributed by atoms with Crippen LogP contribution in [0.5, 0.6) is 0 Å². The molecule has 238 valence electrons. The maximum absolute atomic E-state index is 12.9. The Kier molecular flexibility index (Phi) is 9.83. The molecule has 4 aromatic rings. The number of benzene rings is 2. The zero-order valence-electron chi connectivity index (χ0n) is 22.7. The van der Waals surface area contributed by atoms with Gasteiger partial charge in [-0.3, -0.25) is 0 Å². The average Bonchev–Trinajstić information content (AvgIpc) is 3.41. The van der Waals surface area contributed by atoms with E-state index in [2.05, 4.69) is 26.3 Å². The van der Waals surface area contributed by atoms with Crippen molar-refractivity contribution in [1.82, 2.24) is 15.0 Å². The molecule has 2 aromatic heterocycles. The smallest absolute Gasteiger partial charge is 0.475 e. The van der Waals surface area contributed by atoms with E-state index in [-0.39, 0.29) is 6.04 Å². The number of piperidine rings is 1. The molecule has 10 nitrogen and oxygen atoms in total. The third-order valence-corrected chi connectivity index (χ3v) is 9.07. The monoisotopic (exact) mass is 672 g/mol. The molecule has 1 atom stereocenters. The maximum Gasteiger partial charge on any atom is 0.501 e. The van der Waals surface area contributed by atoms with E-state index in [1.807, 2.05) is 29.2 Å². The number of anilines is 2. The molecule has 1 aliphatic rings. The van der Waals surface area contributed by atoms with Gasteiger partial charge >= 0.3 is 17.7 Å². The summed E-state index contributed by atoms with van der Waals surface area (Å²) in [5, 5.41) is 20.8. The van der Waals surface area contributed by atoms with Crippen molar-refractivity contribution in [2.45, 2.75) is 41.4 Å². The van der Waals surface area contributed by atoms with Gasteiger partial charge in [-0.2, -0.15) is 31.6 Å². The first-order chi connectivity index (χ1) is 21.1. The zero-order chi connectivity index (χ0) is 33.0. The van der Waals surface area contributed by atoms with Crippen LogP contribution < -0.4 is 10.2 Å². The van der Waals surface area contributed by atoms with E-state index in [1.54, 1.807) is 18.3 Å². The lowest BCUT2D eigenvalue weighted by molar-refractivity contribution is -0.192. The molecule has 0 spiro atoms. The largest absolute Gasteiger partial charge is 0.501 e. The first kappa shape index (κ1) is 33.4. The van der Waals surface area contributed by atoms with Gasteiger partial charge in [0.15, 0.2) is 0 Å². The van der Waals surface area contributed by atoms with Crippen molar-refractivity contribution in [3.8, 4) is 6.07 Å². The van der Waals surface area contributed by atoms with Crippen molar-refractivity contribution in [3.05, 3.63) is 71.5 Å². The van der Waals surface area contributed by atoms with Crippen LogP contribution >= 0.6 is 11.3 Å². The molecule has 1 fully saturated rings. The van der Waals surface area contributed by atoms with Gasteiger partial charge in [-0.05, 0) is 49.2 Å². The van der Waals surface area contributed by atoms with Gasteiger partial charge in [0, 0.05) is 31.0 Å². The number of aliphatic carboxylic acids is 1. The second kappa shape index (κ2) is 13.2. The number of hydrogen-bond acceptors (Lipinski definition) is 10. The Hall–Kier alpha value is -4.50. The Bertz CT molecular complexity index is 1780. The lowest BCUT2D eigenvalue weighted by Crippen LogP contribution is -2.40. The van der Waals surface area contributed by atoms with Crippen LogP contribution in [0.2, 0.25) is 0 Å². The highest BCUT2D eigenvalue weighted by atomic mass is 32.2. The van der Waals surface area contributed by atoms with Gasteiger partial charge in [-0.25, -0.2) is 28.2 Å². The highest BCUT2D eigenvalue weighted by Crippen LogP contribution is 2.33. The number of fused-ring (bicyclic) bond motifs is 1. The number of nitrogens with zero attached hydrogens (tertiary/aromatic N) is 5. The number of nitrogens with one attached hydrogen (secondary N) is 1. The first-order valence-corrected chi connectivity index (χ1v) is 15.2. The second-order valence-corrected chi connectivity index (χ2v) is 12.6. The van der Waals surface area contributed by atoms with Crippen molar-refractivity contribution < 1.29 is 44.7 Å². The molecule has 2 N–H and O–H groups in total. The first-order valence-electron chi connectivity index (χ1n) is 12.9. The number of para-hydroxylation sites is 1. The van der Waals surface area contributed by atoms with E-state index in [0.29, 0.717) is 48.3 Å². The van der Waals surface area contributed by atoms with Gasteiger partial charge < -0.3 is 15.3 Å². The number of carboxylic acid groups (broad SMARTS) is 1. The normalized spacial score (nSPS) is 15.1. The van der Waals surface area contributed by atoms with Gasteiger partial charge in [0.1, 0.15) is 10.9 Å². The van der Waals surface area contributed by atoms with Crippen LogP contribution in [0.1, 0.15) is 29.5 Å². The Morgan fingerprint density at radius 3 is 2.31 bits per heavy atom. The summed E-state index contributed by atoms with van der Waals surface area (Å²) in [6.07, 6.45) is -2.21. The van der Waals surface area contributed by atoms with Crippen LogP contribution in [0.3, 0.4) is 0 Å². The third-order valence-electron chi connectivity index (χ3n) is 6.49. The topological polar surface area (TPSA) is 149 Å². The highest BCUT2D eigenvalue weighted by molar-refractivity contribution is 7.92. The molecule has 0 bridgehead atoms. The lowest BCUT2D eigenvalue weighted by atomic mass is 10.0. The Balaban J connectivity index is 0.000000591. The minimum absolute atomic E-state index is 0.0760. The Labute approximate surface area is 255 Å². The van der Waals surface area contributed by atoms with E-state index in [9.17, 15) is 40.0 Å². The molecule has 0 aliphatic carbocycles. The molecule has 1 saturated heterocycles. The van der Waals surface area contributed by atoms with E-state index in [1.165, 1.54) is 17.4 Å². The summed E-state index contributed by atoms with van der Waals surface area (Å²) in [5.41, 5.74) is -3.67. The molecule has 1 aliphatic heterocycles. The van der Waals surface area contributed by atoms with Gasteiger partial charge in [-0.15, -0.1) is 11.3 Å². The Morgan fingerprint density at radius 2 is 1.71 bits per heavy atom. The van der Waals surface area contributed by atoms with E-state index < -0.39 is 38.3 Å². The number of hydrogen-bond donors (Lipinski definition) is 2. The van der Waals surface area contributed by atoms with Crippen LogP contribution in [0.4, 0.5) is 38.0 Å². The summed E-state index contributed by atoms with van der Waals surface area (Å²) in [7, 11) is -5.42. The standard InChI is InChI=1S/C25H21F3N6O2S2.C2HF3O2/c26-25(27,28)38(35,36)18-5-3-4-17(14-18)31-16-9-12-34(13-10-16)24-30-11-8-20(33-24)19(15-29)23-32-21-6-1-2-7-22(21)37-23;3-2(4,5)1(6)7/h1-8,11,14,16,19,31H,9-10,12-13H2;(H,6,7). The highest BCUT2D eigenvalue weighted by Gasteiger charge is 2.47. The van der Waals surface area contributed by atoms with Gasteiger partial charge in [0.2, 0.25) is 5.95 Å². The van der Waals surface area contributed by atoms with Crippen molar-refractivity contribution >= 4 is 49.0 Å². The molecule has 1 unspecified atom stereocenters. The minimum atomic E-state index is -5.42. The molecule has 0 amide bonds. The van der Waals surface area contributed by atoms with Crippen molar-refractivity contribution in [1.29, 1.82) is 5.26 Å². The summed E-state index contributed by atoms with van der Waals surface area (Å²) in [6, 6.07) is 16.4. The van der Waals surface area contributed by atoms with Gasteiger partial charge in [0.25, 0.3) is 9.84 Å². The average molecular weight is 673 g/mol. The number of carbonyl (C=O) groups is 1. The molecular formula is C27H22F6N6O4S2. The third kappa shape index (κ3) is 7.97. The molecular weight excluding hydrogens is 650 g/mol. The minimum Gasteiger partial charge on any atom is -0.475 e. The lowest BCUT2D eigenvalue weighted by Gasteiger charge is -2.33. The number of nitriles is 1. The fraction of sp³-hybridized carbons (Fsp3) is 0.296. The summed E-state index contributed by atoms with van der Waals surface area (Å²) in [5.74, 6) is -2.90. The zero-order valence-corrected chi connectivity index (χ0v) is 24.4. The molecule has 2 aromatic carbocycles. The Morgan fingerprint density at radius 1 is 1.04 bits per heavy atom. The fourth-order valence-electron chi connectivity index (χ4n) is 4.28. The number of sulfone groups is 1. The van der Waals surface area contributed by atoms with Crippen LogP contribution in [0, 0.1) is 11.3 Å². The SMILES string of the molecule is N#CC(c1ccnc(N2CCC(Nc3cccc(S(=O)(=O)C(F)(F)F)c3)CC2)n1)c1nc2ccccc2s1.O=C(O)C(F)(F)F. The second-order valence-electron chi connectivity index (χ2n) is 9.55. The summed E-state index contributed by atoms with van der Waals surface area (Å²) >= 11 is 1.46. The van der Waals surface area contributed by atoms with E-state index in [0.717, 1.165) is 22.3 Å². The molecule has 0 saturated carbocycles. The summed E-state index contributed by atoms with van der Waals surface area (Å²) < 4.78 is 94.9. The van der Waals surface area contributed by atoms with Crippen molar-refractivity contribution in [2.75, 3.05) is 23.3 Å². The number of rotatable bonds is 6. The van der Waals surface area contributed by atoms with Gasteiger partial charge in [0.05, 0.1) is 26.9 Å². The number of aromatic nitrogens is 3. The van der Waals surface area contributed by atoms with E-state index >= 15 is 0 Å². The van der Waals surface area contributed by atoms with Crippen LogP contribution in [0.15, 0.2) is 65.7 Å². The number of alkyl halides is 6. The van der Waals surface area contributed by atoms with Crippen LogP contribution in [-0.4, -0.2) is 65.3 Å². The summed E-state index contributed by atoms with van der Waals surface area (Å²) in [4.78, 5) is 23.7.